The highest BCUT2D eigenvalue weighted by molar-refractivity contribution is 6.31. The smallest absolute Gasteiger partial charge is 0.368 e. The van der Waals surface area contributed by atoms with Crippen LogP contribution in [-0.2, 0) is 9.63 Å². The maximum Gasteiger partial charge on any atom is 0.368 e. The molecule has 2 aromatic carbocycles. The van der Waals surface area contributed by atoms with Crippen molar-refractivity contribution in [2.75, 3.05) is 6.61 Å². The van der Waals surface area contributed by atoms with Gasteiger partial charge in [0.25, 0.3) is 0 Å². The van der Waals surface area contributed by atoms with Gasteiger partial charge in [-0.3, -0.25) is 0 Å². The van der Waals surface area contributed by atoms with E-state index >= 15 is 0 Å². The number of hydrogen-bond donors (Lipinski definition) is 0. The fourth-order valence-electron chi connectivity index (χ4n) is 2.20. The Bertz CT molecular complexity index is 829. The summed E-state index contributed by atoms with van der Waals surface area (Å²) < 4.78 is 5.39. The van der Waals surface area contributed by atoms with Crippen LogP contribution in [0.3, 0.4) is 0 Å². The number of ether oxygens (including phenoxy) is 1. The van der Waals surface area contributed by atoms with E-state index in [0.717, 1.165) is 11.1 Å². The van der Waals surface area contributed by atoms with Crippen LogP contribution in [0, 0.1) is 12.3 Å². The standard InChI is InChI=1S/C19H13NO3/c1-2-11-22-16-10-6-7-14(12-16)13-17-18(20-23-19(17)21)15-8-4-3-5-9-15/h1,3-10,12-13H,11H2/b17-13+. The summed E-state index contributed by atoms with van der Waals surface area (Å²) in [5.74, 6) is 2.58. The molecule has 1 aliphatic rings. The highest BCUT2D eigenvalue weighted by Crippen LogP contribution is 2.22. The van der Waals surface area contributed by atoms with Gasteiger partial charge in [0.05, 0.1) is 5.57 Å². The summed E-state index contributed by atoms with van der Waals surface area (Å²) in [6.45, 7) is 0.193. The van der Waals surface area contributed by atoms with Crippen molar-refractivity contribution >= 4 is 17.8 Å². The molecule has 0 aliphatic carbocycles. The van der Waals surface area contributed by atoms with Crippen molar-refractivity contribution in [3.8, 4) is 18.1 Å². The Balaban J connectivity index is 1.93. The van der Waals surface area contributed by atoms with Gasteiger partial charge in [-0.1, -0.05) is 53.5 Å². The van der Waals surface area contributed by atoms with E-state index in [0.29, 0.717) is 17.0 Å². The molecule has 0 amide bonds. The minimum atomic E-state index is -0.473. The molecule has 0 radical (unpaired) electrons. The molecule has 112 valence electrons. The second kappa shape index (κ2) is 6.63. The maximum atomic E-state index is 12.0. The molecule has 4 heteroatoms. The van der Waals surface area contributed by atoms with Gasteiger partial charge >= 0.3 is 5.97 Å². The third-order valence-electron chi connectivity index (χ3n) is 3.23. The lowest BCUT2D eigenvalue weighted by Gasteiger charge is -2.04. The molecule has 0 unspecified atom stereocenters. The van der Waals surface area contributed by atoms with E-state index in [2.05, 4.69) is 11.1 Å². The zero-order valence-electron chi connectivity index (χ0n) is 12.2. The summed E-state index contributed by atoms with van der Waals surface area (Å²) >= 11 is 0. The van der Waals surface area contributed by atoms with E-state index in [1.807, 2.05) is 42.5 Å². The van der Waals surface area contributed by atoms with Crippen molar-refractivity contribution in [3.63, 3.8) is 0 Å². The third kappa shape index (κ3) is 3.30. The topological polar surface area (TPSA) is 47.9 Å². The van der Waals surface area contributed by atoms with Crippen LogP contribution in [0.15, 0.2) is 65.3 Å². The van der Waals surface area contributed by atoms with Gasteiger partial charge in [-0.15, -0.1) is 6.42 Å². The molecule has 0 saturated carbocycles. The van der Waals surface area contributed by atoms with Crippen LogP contribution >= 0.6 is 0 Å². The van der Waals surface area contributed by atoms with Crippen molar-refractivity contribution in [1.29, 1.82) is 0 Å². The molecule has 0 N–H and O–H groups in total. The van der Waals surface area contributed by atoms with E-state index in [1.54, 1.807) is 18.2 Å². The minimum absolute atomic E-state index is 0.193. The fourth-order valence-corrected chi connectivity index (χ4v) is 2.20. The summed E-state index contributed by atoms with van der Waals surface area (Å²) in [4.78, 5) is 16.8. The van der Waals surface area contributed by atoms with E-state index in [-0.39, 0.29) is 6.61 Å². The Labute approximate surface area is 134 Å². The lowest BCUT2D eigenvalue weighted by Crippen LogP contribution is -2.06. The SMILES string of the molecule is C#CCOc1cccc(/C=C2/C(=O)ON=C2c2ccccc2)c1. The van der Waals surface area contributed by atoms with Crippen molar-refractivity contribution in [1.82, 2.24) is 0 Å². The first-order valence-electron chi connectivity index (χ1n) is 7.01. The minimum Gasteiger partial charge on any atom is -0.481 e. The molecule has 0 fully saturated rings. The van der Waals surface area contributed by atoms with Crippen LogP contribution in [0.25, 0.3) is 6.08 Å². The normalized spacial score (nSPS) is 15.0. The van der Waals surface area contributed by atoms with Crippen LogP contribution in [0.1, 0.15) is 11.1 Å². The van der Waals surface area contributed by atoms with E-state index in [4.69, 9.17) is 16.0 Å². The van der Waals surface area contributed by atoms with Crippen LogP contribution in [0.2, 0.25) is 0 Å². The van der Waals surface area contributed by atoms with Gasteiger partial charge in [0, 0.05) is 5.56 Å². The Morgan fingerprint density at radius 2 is 2.00 bits per heavy atom. The summed E-state index contributed by atoms with van der Waals surface area (Å²) in [6.07, 6.45) is 6.91. The Morgan fingerprint density at radius 3 is 2.78 bits per heavy atom. The van der Waals surface area contributed by atoms with Crippen molar-refractivity contribution in [2.45, 2.75) is 0 Å². The third-order valence-corrected chi connectivity index (χ3v) is 3.23. The van der Waals surface area contributed by atoms with E-state index in [1.165, 1.54) is 0 Å². The number of carbonyl (C=O) groups excluding carboxylic acids is 1. The molecule has 2 aromatic rings. The maximum absolute atomic E-state index is 12.0. The summed E-state index contributed by atoms with van der Waals surface area (Å²) in [5.41, 5.74) is 2.55. The van der Waals surface area contributed by atoms with Crippen molar-refractivity contribution < 1.29 is 14.4 Å². The average Bonchev–Trinajstić information content (AvgIpc) is 2.95. The predicted octanol–water partition coefficient (Wildman–Crippen LogP) is 3.04. The number of nitrogens with zero attached hydrogens (tertiary/aromatic N) is 1. The molecule has 1 heterocycles. The number of carbonyl (C=O) groups is 1. The van der Waals surface area contributed by atoms with Gasteiger partial charge in [0.2, 0.25) is 0 Å². The summed E-state index contributed by atoms with van der Waals surface area (Å²) in [5, 5.41) is 3.88. The molecule has 0 saturated heterocycles. The zero-order chi connectivity index (χ0) is 16.1. The number of oxime groups is 1. The first-order chi connectivity index (χ1) is 11.3. The highest BCUT2D eigenvalue weighted by atomic mass is 16.7. The van der Waals surface area contributed by atoms with Crippen LogP contribution in [0.4, 0.5) is 0 Å². The monoisotopic (exact) mass is 303 g/mol. The fraction of sp³-hybridized carbons (Fsp3) is 0.0526. The Kier molecular flexibility index (Phi) is 4.21. The zero-order valence-corrected chi connectivity index (χ0v) is 12.2. The van der Waals surface area contributed by atoms with E-state index in [9.17, 15) is 4.79 Å². The van der Waals surface area contributed by atoms with Crippen molar-refractivity contribution in [2.24, 2.45) is 5.16 Å². The molecule has 3 rings (SSSR count). The Morgan fingerprint density at radius 1 is 1.17 bits per heavy atom. The molecule has 23 heavy (non-hydrogen) atoms. The molecule has 0 bridgehead atoms. The number of rotatable bonds is 4. The van der Waals surface area contributed by atoms with Gasteiger partial charge in [-0.25, -0.2) is 4.79 Å². The average molecular weight is 303 g/mol. The molecular weight excluding hydrogens is 290 g/mol. The van der Waals surface area contributed by atoms with Gasteiger partial charge < -0.3 is 9.57 Å². The van der Waals surface area contributed by atoms with Crippen LogP contribution in [0.5, 0.6) is 5.75 Å². The number of benzene rings is 2. The van der Waals surface area contributed by atoms with Crippen LogP contribution < -0.4 is 4.74 Å². The molecule has 0 aromatic heterocycles. The predicted molar refractivity (Wildman–Crippen MR) is 87.8 cm³/mol. The molecule has 0 atom stereocenters. The second-order valence-corrected chi connectivity index (χ2v) is 4.81. The largest absolute Gasteiger partial charge is 0.481 e. The summed E-state index contributed by atoms with van der Waals surface area (Å²) in [7, 11) is 0. The number of hydrogen-bond acceptors (Lipinski definition) is 4. The van der Waals surface area contributed by atoms with Gasteiger partial charge in [-0.05, 0) is 23.8 Å². The summed E-state index contributed by atoms with van der Waals surface area (Å²) in [6, 6.07) is 16.7. The lowest BCUT2D eigenvalue weighted by atomic mass is 10.0. The van der Waals surface area contributed by atoms with Crippen LogP contribution in [-0.4, -0.2) is 18.3 Å². The Hall–Kier alpha value is -3.32. The highest BCUT2D eigenvalue weighted by Gasteiger charge is 2.26. The molecule has 1 aliphatic heterocycles. The number of terminal acetylenes is 1. The lowest BCUT2D eigenvalue weighted by molar-refractivity contribution is -0.136. The first-order valence-corrected chi connectivity index (χ1v) is 7.01. The van der Waals surface area contributed by atoms with Gasteiger partial charge in [0.15, 0.2) is 0 Å². The second-order valence-electron chi connectivity index (χ2n) is 4.81. The molecular formula is C19H13NO3. The molecule has 4 nitrogen and oxygen atoms in total. The quantitative estimate of drug-likeness (QED) is 0.495. The first kappa shape index (κ1) is 14.6. The van der Waals surface area contributed by atoms with Gasteiger partial charge in [0.1, 0.15) is 18.1 Å². The van der Waals surface area contributed by atoms with Gasteiger partial charge in [-0.2, -0.15) is 0 Å². The van der Waals surface area contributed by atoms with Crippen molar-refractivity contribution in [3.05, 3.63) is 71.3 Å². The molecule has 0 spiro atoms. The van der Waals surface area contributed by atoms with E-state index < -0.39 is 5.97 Å².